The van der Waals surface area contributed by atoms with Crippen LogP contribution in [0.2, 0.25) is 5.15 Å². The topological polar surface area (TPSA) is 43.6 Å². The van der Waals surface area contributed by atoms with Crippen LogP contribution in [0.3, 0.4) is 0 Å². The van der Waals surface area contributed by atoms with Crippen LogP contribution in [-0.2, 0) is 7.05 Å². The average Bonchev–Trinajstić information content (AvgIpc) is 2.68. The molecule has 0 bridgehead atoms. The first kappa shape index (κ1) is 10.2. The van der Waals surface area contributed by atoms with Gasteiger partial charge in [0, 0.05) is 25.0 Å². The smallest absolute Gasteiger partial charge is 0.161 e. The molecule has 0 aliphatic rings. The van der Waals surface area contributed by atoms with Crippen LogP contribution < -0.4 is 0 Å². The minimum absolute atomic E-state index is 0.471. The van der Waals surface area contributed by atoms with E-state index in [-0.39, 0.29) is 0 Å². The molecule has 84 valence electrons. The van der Waals surface area contributed by atoms with Gasteiger partial charge in [0.25, 0.3) is 0 Å². The molecule has 5 heteroatoms. The fraction of sp³-hybridized carbons (Fsp3) is 0.0833. The molecule has 3 heterocycles. The number of nitrogens with zero attached hydrogens (tertiary/aromatic N) is 4. The highest BCUT2D eigenvalue weighted by atomic mass is 35.5. The molecular weight excluding hydrogens is 236 g/mol. The summed E-state index contributed by atoms with van der Waals surface area (Å²) in [5.41, 5.74) is 2.57. The van der Waals surface area contributed by atoms with Crippen molar-refractivity contribution in [3.8, 4) is 11.4 Å². The average molecular weight is 245 g/mol. The molecule has 3 aromatic heterocycles. The predicted octanol–water partition coefficient (Wildman–Crippen LogP) is 2.68. The summed E-state index contributed by atoms with van der Waals surface area (Å²) in [5, 5.41) is 0.471. The Balaban J connectivity index is 2.28. The number of fused-ring (bicyclic) bond motifs is 1. The summed E-state index contributed by atoms with van der Waals surface area (Å²) in [6, 6.07) is 7.46. The summed E-state index contributed by atoms with van der Waals surface area (Å²) >= 11 is 5.88. The standard InChI is InChI=1S/C12H9ClN4/c1-17-11(8-3-2-6-14-7-8)15-9-4-5-10(13)16-12(9)17/h2-7H,1H3. The molecule has 0 N–H and O–H groups in total. The summed E-state index contributed by atoms with van der Waals surface area (Å²) in [7, 11) is 1.92. The Morgan fingerprint density at radius 1 is 1.18 bits per heavy atom. The SMILES string of the molecule is Cn1c(-c2cccnc2)nc2ccc(Cl)nc21. The molecule has 0 amide bonds. The van der Waals surface area contributed by atoms with Crippen LogP contribution in [0.25, 0.3) is 22.6 Å². The van der Waals surface area contributed by atoms with Crippen molar-refractivity contribution in [1.82, 2.24) is 19.5 Å². The lowest BCUT2D eigenvalue weighted by Gasteiger charge is -2.00. The Bertz CT molecular complexity index is 676. The second-order valence-corrected chi connectivity index (χ2v) is 4.10. The van der Waals surface area contributed by atoms with Crippen molar-refractivity contribution in [2.24, 2.45) is 7.05 Å². The molecule has 3 rings (SSSR count). The van der Waals surface area contributed by atoms with Gasteiger partial charge in [-0.1, -0.05) is 11.6 Å². The minimum atomic E-state index is 0.471. The van der Waals surface area contributed by atoms with E-state index in [0.717, 1.165) is 22.6 Å². The first-order valence-corrected chi connectivity index (χ1v) is 5.53. The Hall–Kier alpha value is -1.94. The van der Waals surface area contributed by atoms with Gasteiger partial charge in [-0.25, -0.2) is 9.97 Å². The van der Waals surface area contributed by atoms with Crippen LogP contribution in [-0.4, -0.2) is 19.5 Å². The molecule has 3 aromatic rings. The predicted molar refractivity (Wildman–Crippen MR) is 66.8 cm³/mol. The third kappa shape index (κ3) is 1.66. The molecule has 0 atom stereocenters. The molecule has 0 aliphatic carbocycles. The molecule has 0 unspecified atom stereocenters. The number of pyridine rings is 2. The molecule has 0 saturated carbocycles. The third-order valence-electron chi connectivity index (χ3n) is 2.60. The maximum Gasteiger partial charge on any atom is 0.161 e. The minimum Gasteiger partial charge on any atom is -0.312 e. The second-order valence-electron chi connectivity index (χ2n) is 3.71. The Labute approximate surface area is 103 Å². The fourth-order valence-corrected chi connectivity index (χ4v) is 1.94. The number of aryl methyl sites for hydroxylation is 1. The van der Waals surface area contributed by atoms with Gasteiger partial charge in [-0.2, -0.15) is 0 Å². The summed E-state index contributed by atoms with van der Waals surface area (Å²) in [4.78, 5) is 12.9. The molecule has 0 saturated heterocycles. The Kier molecular flexibility index (Phi) is 2.30. The van der Waals surface area contributed by atoms with Gasteiger partial charge in [0.1, 0.15) is 16.5 Å². The zero-order chi connectivity index (χ0) is 11.8. The van der Waals surface area contributed by atoms with Gasteiger partial charge in [-0.3, -0.25) is 4.98 Å². The number of rotatable bonds is 1. The summed E-state index contributed by atoms with van der Waals surface area (Å²) in [6.45, 7) is 0. The first-order chi connectivity index (χ1) is 8.25. The molecule has 0 radical (unpaired) electrons. The number of imidazole rings is 1. The van der Waals surface area contributed by atoms with Crippen molar-refractivity contribution in [1.29, 1.82) is 0 Å². The Morgan fingerprint density at radius 2 is 2.06 bits per heavy atom. The highest BCUT2D eigenvalue weighted by Crippen LogP contribution is 2.22. The van der Waals surface area contributed by atoms with Gasteiger partial charge >= 0.3 is 0 Å². The zero-order valence-electron chi connectivity index (χ0n) is 9.13. The van der Waals surface area contributed by atoms with Crippen molar-refractivity contribution in [2.45, 2.75) is 0 Å². The van der Waals surface area contributed by atoms with Crippen LogP contribution in [0.5, 0.6) is 0 Å². The van der Waals surface area contributed by atoms with Crippen molar-refractivity contribution >= 4 is 22.8 Å². The van der Waals surface area contributed by atoms with E-state index < -0.39 is 0 Å². The van der Waals surface area contributed by atoms with Crippen LogP contribution in [0.4, 0.5) is 0 Å². The van der Waals surface area contributed by atoms with Gasteiger partial charge in [0.05, 0.1) is 0 Å². The van der Waals surface area contributed by atoms with Gasteiger partial charge in [-0.15, -0.1) is 0 Å². The number of halogens is 1. The van der Waals surface area contributed by atoms with Crippen molar-refractivity contribution in [3.63, 3.8) is 0 Å². The maximum atomic E-state index is 5.88. The van der Waals surface area contributed by atoms with E-state index in [4.69, 9.17) is 11.6 Å². The molecule has 0 aromatic carbocycles. The second kappa shape index (κ2) is 3.82. The lowest BCUT2D eigenvalue weighted by Crippen LogP contribution is -1.94. The lowest BCUT2D eigenvalue weighted by molar-refractivity contribution is 0.940. The monoisotopic (exact) mass is 244 g/mol. The third-order valence-corrected chi connectivity index (χ3v) is 2.81. The van der Waals surface area contributed by atoms with E-state index in [9.17, 15) is 0 Å². The van der Waals surface area contributed by atoms with Crippen LogP contribution in [0.15, 0.2) is 36.7 Å². The molecule has 0 fully saturated rings. The molecule has 0 spiro atoms. The summed E-state index contributed by atoms with van der Waals surface area (Å²) in [5.74, 6) is 0.836. The molecule has 0 aliphatic heterocycles. The fourth-order valence-electron chi connectivity index (χ4n) is 1.79. The quantitative estimate of drug-likeness (QED) is 0.618. The van der Waals surface area contributed by atoms with E-state index in [2.05, 4.69) is 15.0 Å². The van der Waals surface area contributed by atoms with E-state index in [0.29, 0.717) is 5.15 Å². The normalized spacial score (nSPS) is 10.9. The van der Waals surface area contributed by atoms with E-state index in [1.54, 1.807) is 18.5 Å². The van der Waals surface area contributed by atoms with Crippen molar-refractivity contribution in [3.05, 3.63) is 41.8 Å². The molecule has 4 nitrogen and oxygen atoms in total. The molecular formula is C12H9ClN4. The van der Waals surface area contributed by atoms with E-state index >= 15 is 0 Å². The molecule has 17 heavy (non-hydrogen) atoms. The number of hydrogen-bond donors (Lipinski definition) is 0. The van der Waals surface area contributed by atoms with Crippen LogP contribution in [0, 0.1) is 0 Å². The maximum absolute atomic E-state index is 5.88. The first-order valence-electron chi connectivity index (χ1n) is 5.15. The number of aromatic nitrogens is 4. The van der Waals surface area contributed by atoms with Crippen molar-refractivity contribution in [2.75, 3.05) is 0 Å². The van der Waals surface area contributed by atoms with Gasteiger partial charge in [-0.05, 0) is 24.3 Å². The number of hydrogen-bond acceptors (Lipinski definition) is 3. The van der Waals surface area contributed by atoms with Gasteiger partial charge in [0.2, 0.25) is 0 Å². The zero-order valence-corrected chi connectivity index (χ0v) is 9.89. The lowest BCUT2D eigenvalue weighted by atomic mass is 10.3. The Morgan fingerprint density at radius 3 is 2.82 bits per heavy atom. The van der Waals surface area contributed by atoms with E-state index in [1.807, 2.05) is 29.8 Å². The van der Waals surface area contributed by atoms with Crippen LogP contribution >= 0.6 is 11.6 Å². The van der Waals surface area contributed by atoms with Crippen molar-refractivity contribution < 1.29 is 0 Å². The van der Waals surface area contributed by atoms with E-state index in [1.165, 1.54) is 0 Å². The largest absolute Gasteiger partial charge is 0.312 e. The summed E-state index contributed by atoms with van der Waals surface area (Å²) in [6.07, 6.45) is 3.52. The van der Waals surface area contributed by atoms with Gasteiger partial charge < -0.3 is 4.57 Å². The highest BCUT2D eigenvalue weighted by Gasteiger charge is 2.10. The summed E-state index contributed by atoms with van der Waals surface area (Å²) < 4.78 is 1.91. The van der Waals surface area contributed by atoms with Crippen LogP contribution in [0.1, 0.15) is 0 Å². The van der Waals surface area contributed by atoms with Gasteiger partial charge in [0.15, 0.2) is 5.65 Å². The highest BCUT2D eigenvalue weighted by molar-refractivity contribution is 6.29.